The number of aromatic nitrogens is 1. The molecule has 0 spiro atoms. The molecule has 26 heavy (non-hydrogen) atoms. The molecule has 132 valence electrons. The Kier molecular flexibility index (Phi) is 5.64. The van der Waals surface area contributed by atoms with E-state index >= 15 is 0 Å². The zero-order chi connectivity index (χ0) is 18.4. The monoisotopic (exact) mass is 345 g/mol. The zero-order valence-electron chi connectivity index (χ0n) is 15.1. The first kappa shape index (κ1) is 17.7. The number of anilines is 2. The van der Waals surface area contributed by atoms with Gasteiger partial charge in [-0.2, -0.15) is 0 Å². The number of carbonyl (C=O) groups excluding carboxylic acids is 1. The van der Waals surface area contributed by atoms with Gasteiger partial charge in [-0.05, 0) is 49.1 Å². The van der Waals surface area contributed by atoms with Crippen LogP contribution in [0.5, 0.6) is 0 Å². The molecule has 0 atom stereocenters. The smallest absolute Gasteiger partial charge is 0.274 e. The van der Waals surface area contributed by atoms with Crippen molar-refractivity contribution >= 4 is 17.3 Å². The third-order valence-electron chi connectivity index (χ3n) is 4.30. The maximum atomic E-state index is 12.4. The highest BCUT2D eigenvalue weighted by molar-refractivity contribution is 6.03. The third kappa shape index (κ3) is 4.48. The molecule has 1 aromatic heterocycles. The van der Waals surface area contributed by atoms with E-state index in [4.69, 9.17) is 0 Å². The topological polar surface area (TPSA) is 54.0 Å². The Balaban J connectivity index is 1.57. The maximum absolute atomic E-state index is 12.4. The number of nitrogens with one attached hydrogen (secondary N) is 2. The van der Waals surface area contributed by atoms with Gasteiger partial charge in [-0.15, -0.1) is 0 Å². The number of rotatable bonds is 6. The van der Waals surface area contributed by atoms with E-state index in [1.165, 1.54) is 5.56 Å². The predicted molar refractivity (Wildman–Crippen MR) is 107 cm³/mol. The molecule has 0 unspecified atom stereocenters. The molecule has 0 saturated carbocycles. The van der Waals surface area contributed by atoms with Crippen LogP contribution in [-0.2, 0) is 6.42 Å². The summed E-state index contributed by atoms with van der Waals surface area (Å²) in [7, 11) is 0. The molecular weight excluding hydrogens is 322 g/mol. The maximum Gasteiger partial charge on any atom is 0.274 e. The van der Waals surface area contributed by atoms with Crippen molar-refractivity contribution in [1.82, 2.24) is 4.98 Å². The minimum Gasteiger partial charge on any atom is -0.383 e. The molecule has 2 N–H and O–H groups in total. The van der Waals surface area contributed by atoms with Gasteiger partial charge in [0.25, 0.3) is 5.91 Å². The van der Waals surface area contributed by atoms with Gasteiger partial charge >= 0.3 is 0 Å². The molecule has 3 rings (SSSR count). The lowest BCUT2D eigenvalue weighted by molar-refractivity contribution is 0.102. The van der Waals surface area contributed by atoms with Crippen LogP contribution in [0.1, 0.15) is 27.2 Å². The predicted octanol–water partition coefficient (Wildman–Crippen LogP) is 4.61. The van der Waals surface area contributed by atoms with Gasteiger partial charge in [0.05, 0.1) is 11.9 Å². The molecular formula is C22H23N3O. The van der Waals surface area contributed by atoms with Crippen molar-refractivity contribution in [2.45, 2.75) is 20.3 Å². The normalized spacial score (nSPS) is 10.4. The Morgan fingerprint density at radius 1 is 0.923 bits per heavy atom. The fourth-order valence-corrected chi connectivity index (χ4v) is 2.82. The summed E-state index contributed by atoms with van der Waals surface area (Å²) in [6.45, 7) is 4.78. The molecule has 4 nitrogen and oxygen atoms in total. The number of pyridine rings is 1. The lowest BCUT2D eigenvalue weighted by atomic mass is 10.1. The Morgan fingerprint density at radius 2 is 1.65 bits per heavy atom. The number of nitrogens with zero attached hydrogens (tertiary/aromatic N) is 1. The van der Waals surface area contributed by atoms with E-state index < -0.39 is 0 Å². The Bertz CT molecular complexity index is 853. The summed E-state index contributed by atoms with van der Waals surface area (Å²) in [5.74, 6) is -0.196. The molecule has 1 heterocycles. The van der Waals surface area contributed by atoms with Crippen LogP contribution < -0.4 is 10.6 Å². The van der Waals surface area contributed by atoms with Gasteiger partial charge in [-0.1, -0.05) is 48.5 Å². The number of aryl methyl sites for hydroxylation is 2. The second-order valence-electron chi connectivity index (χ2n) is 6.32. The van der Waals surface area contributed by atoms with Gasteiger partial charge in [0.15, 0.2) is 0 Å². The third-order valence-corrected chi connectivity index (χ3v) is 4.30. The van der Waals surface area contributed by atoms with E-state index in [2.05, 4.69) is 27.8 Å². The zero-order valence-corrected chi connectivity index (χ0v) is 15.1. The van der Waals surface area contributed by atoms with Gasteiger partial charge in [-0.25, -0.2) is 4.98 Å². The second-order valence-corrected chi connectivity index (χ2v) is 6.32. The average molecular weight is 345 g/mol. The number of para-hydroxylation sites is 1. The fourth-order valence-electron chi connectivity index (χ4n) is 2.82. The van der Waals surface area contributed by atoms with Crippen LogP contribution in [0.4, 0.5) is 11.4 Å². The van der Waals surface area contributed by atoms with Gasteiger partial charge in [-0.3, -0.25) is 4.79 Å². The van der Waals surface area contributed by atoms with Gasteiger partial charge < -0.3 is 10.6 Å². The van der Waals surface area contributed by atoms with E-state index in [9.17, 15) is 4.79 Å². The minimum atomic E-state index is -0.196. The molecule has 0 saturated heterocycles. The van der Waals surface area contributed by atoms with Crippen LogP contribution in [0, 0.1) is 13.8 Å². The molecule has 4 heteroatoms. The van der Waals surface area contributed by atoms with Crippen LogP contribution >= 0.6 is 0 Å². The summed E-state index contributed by atoms with van der Waals surface area (Å²) in [5, 5.41) is 6.29. The molecule has 0 aliphatic heterocycles. The average Bonchev–Trinajstić information content (AvgIpc) is 2.66. The highest BCUT2D eigenvalue weighted by Gasteiger charge is 2.10. The summed E-state index contributed by atoms with van der Waals surface area (Å²) in [6.07, 6.45) is 2.64. The standard InChI is InChI=1S/C22H23N3O/c1-16-7-6-8-17(2)21(16)25-22(26)20-12-11-19(15-24-20)23-14-13-18-9-4-3-5-10-18/h3-12,15,23H,13-14H2,1-2H3,(H,25,26). The summed E-state index contributed by atoms with van der Waals surface area (Å²) in [4.78, 5) is 16.7. The van der Waals surface area contributed by atoms with Crippen LogP contribution in [0.15, 0.2) is 66.9 Å². The summed E-state index contributed by atoms with van der Waals surface area (Å²) in [5.41, 5.74) is 5.53. The van der Waals surface area contributed by atoms with Crippen molar-refractivity contribution in [3.05, 3.63) is 89.2 Å². The SMILES string of the molecule is Cc1cccc(C)c1NC(=O)c1ccc(NCCc2ccccc2)cn1. The quantitative estimate of drug-likeness (QED) is 0.686. The largest absolute Gasteiger partial charge is 0.383 e. The first-order valence-corrected chi connectivity index (χ1v) is 8.75. The van der Waals surface area contributed by atoms with Crippen molar-refractivity contribution in [2.24, 2.45) is 0 Å². The molecule has 0 aliphatic carbocycles. The van der Waals surface area contributed by atoms with Crippen molar-refractivity contribution in [2.75, 3.05) is 17.2 Å². The lowest BCUT2D eigenvalue weighted by Crippen LogP contribution is -2.15. The molecule has 0 bridgehead atoms. The van der Waals surface area contributed by atoms with Gasteiger partial charge in [0.2, 0.25) is 0 Å². The van der Waals surface area contributed by atoms with E-state index in [-0.39, 0.29) is 5.91 Å². The van der Waals surface area contributed by atoms with Crippen LogP contribution in [0.2, 0.25) is 0 Å². The van der Waals surface area contributed by atoms with Crippen LogP contribution in [0.25, 0.3) is 0 Å². The van der Waals surface area contributed by atoms with E-state index in [1.54, 1.807) is 12.3 Å². The summed E-state index contributed by atoms with van der Waals surface area (Å²) < 4.78 is 0. The highest BCUT2D eigenvalue weighted by Crippen LogP contribution is 2.20. The molecule has 3 aromatic rings. The Morgan fingerprint density at radius 3 is 2.31 bits per heavy atom. The van der Waals surface area contributed by atoms with E-state index in [0.29, 0.717) is 5.69 Å². The Hall–Kier alpha value is -3.14. The minimum absolute atomic E-state index is 0.196. The van der Waals surface area contributed by atoms with Gasteiger partial charge in [0, 0.05) is 12.2 Å². The second kappa shape index (κ2) is 8.30. The Labute approximate surface area is 154 Å². The first-order valence-electron chi connectivity index (χ1n) is 8.75. The summed E-state index contributed by atoms with van der Waals surface area (Å²) in [6, 6.07) is 19.9. The van der Waals surface area contributed by atoms with Crippen molar-refractivity contribution in [1.29, 1.82) is 0 Å². The number of hydrogen-bond acceptors (Lipinski definition) is 3. The molecule has 0 radical (unpaired) electrons. The first-order chi connectivity index (χ1) is 12.6. The molecule has 1 amide bonds. The van der Waals surface area contributed by atoms with Crippen molar-refractivity contribution < 1.29 is 4.79 Å². The van der Waals surface area contributed by atoms with Crippen LogP contribution in [0.3, 0.4) is 0 Å². The summed E-state index contributed by atoms with van der Waals surface area (Å²) >= 11 is 0. The van der Waals surface area contributed by atoms with Crippen LogP contribution in [-0.4, -0.2) is 17.4 Å². The van der Waals surface area contributed by atoms with E-state index in [0.717, 1.165) is 35.5 Å². The highest BCUT2D eigenvalue weighted by atomic mass is 16.1. The van der Waals surface area contributed by atoms with Gasteiger partial charge in [0.1, 0.15) is 5.69 Å². The van der Waals surface area contributed by atoms with Crippen molar-refractivity contribution in [3.63, 3.8) is 0 Å². The number of amides is 1. The number of carbonyl (C=O) groups is 1. The lowest BCUT2D eigenvalue weighted by Gasteiger charge is -2.11. The molecule has 0 fully saturated rings. The number of benzene rings is 2. The number of hydrogen-bond donors (Lipinski definition) is 2. The molecule has 0 aliphatic rings. The van der Waals surface area contributed by atoms with Crippen molar-refractivity contribution in [3.8, 4) is 0 Å². The molecule has 2 aromatic carbocycles. The fraction of sp³-hybridized carbons (Fsp3) is 0.182. The van der Waals surface area contributed by atoms with E-state index in [1.807, 2.05) is 56.3 Å².